The smallest absolute Gasteiger partial charge is 0.254 e. The van der Waals surface area contributed by atoms with E-state index in [9.17, 15) is 9.59 Å². The van der Waals surface area contributed by atoms with Gasteiger partial charge in [-0.05, 0) is 23.6 Å². The first-order valence-corrected chi connectivity index (χ1v) is 10.7. The molecule has 4 rings (SSSR count). The highest BCUT2D eigenvalue weighted by atomic mass is 16.5. The van der Waals surface area contributed by atoms with Crippen molar-refractivity contribution in [1.29, 1.82) is 0 Å². The topological polar surface area (TPSA) is 53.1 Å². The SMILES string of the molecule is O=C(CN1CCOCC1)N1CCN(C(=O)c2ccccc2Cc2ccccc2)CC1. The quantitative estimate of drug-likeness (QED) is 0.760. The molecule has 2 aliphatic rings. The molecular formula is C24H29N3O3. The van der Waals surface area contributed by atoms with Crippen molar-refractivity contribution in [2.24, 2.45) is 0 Å². The van der Waals surface area contributed by atoms with Crippen LogP contribution in [0.15, 0.2) is 54.6 Å². The van der Waals surface area contributed by atoms with Crippen molar-refractivity contribution in [3.05, 3.63) is 71.3 Å². The molecule has 2 aliphatic heterocycles. The molecule has 0 saturated carbocycles. The van der Waals surface area contributed by atoms with Crippen molar-refractivity contribution < 1.29 is 14.3 Å². The highest BCUT2D eigenvalue weighted by molar-refractivity contribution is 5.96. The predicted octanol–water partition coefficient (Wildman–Crippen LogP) is 1.89. The summed E-state index contributed by atoms with van der Waals surface area (Å²) >= 11 is 0. The Kier molecular flexibility index (Phi) is 6.77. The third-order valence-corrected chi connectivity index (χ3v) is 5.87. The Labute approximate surface area is 178 Å². The van der Waals surface area contributed by atoms with E-state index in [1.807, 2.05) is 52.3 Å². The Bertz CT molecular complexity index is 857. The maximum atomic E-state index is 13.2. The number of carbonyl (C=O) groups is 2. The van der Waals surface area contributed by atoms with Crippen molar-refractivity contribution in [1.82, 2.24) is 14.7 Å². The first-order valence-electron chi connectivity index (χ1n) is 10.7. The summed E-state index contributed by atoms with van der Waals surface area (Å²) in [5.41, 5.74) is 2.99. The van der Waals surface area contributed by atoms with Gasteiger partial charge in [-0.2, -0.15) is 0 Å². The molecular weight excluding hydrogens is 378 g/mol. The molecule has 2 amide bonds. The molecule has 0 N–H and O–H groups in total. The van der Waals surface area contributed by atoms with E-state index in [0.717, 1.165) is 30.6 Å². The van der Waals surface area contributed by atoms with Gasteiger partial charge in [-0.15, -0.1) is 0 Å². The van der Waals surface area contributed by atoms with Crippen LogP contribution in [0.1, 0.15) is 21.5 Å². The van der Waals surface area contributed by atoms with Gasteiger partial charge in [-0.1, -0.05) is 48.5 Å². The number of nitrogens with zero attached hydrogens (tertiary/aromatic N) is 3. The van der Waals surface area contributed by atoms with Crippen LogP contribution in [0.2, 0.25) is 0 Å². The maximum Gasteiger partial charge on any atom is 0.254 e. The Morgan fingerprint density at radius 1 is 0.767 bits per heavy atom. The number of carbonyl (C=O) groups excluding carboxylic acids is 2. The number of ether oxygens (including phenoxy) is 1. The van der Waals surface area contributed by atoms with Gasteiger partial charge in [0.1, 0.15) is 0 Å². The van der Waals surface area contributed by atoms with Crippen LogP contribution in [0.5, 0.6) is 0 Å². The van der Waals surface area contributed by atoms with E-state index in [1.165, 1.54) is 5.56 Å². The van der Waals surface area contributed by atoms with Crippen LogP contribution in [-0.4, -0.2) is 85.5 Å². The Morgan fingerprint density at radius 3 is 2.13 bits per heavy atom. The number of rotatable bonds is 5. The van der Waals surface area contributed by atoms with Crippen molar-refractivity contribution in [2.75, 3.05) is 59.0 Å². The van der Waals surface area contributed by atoms with Crippen LogP contribution >= 0.6 is 0 Å². The van der Waals surface area contributed by atoms with Crippen LogP contribution in [0, 0.1) is 0 Å². The van der Waals surface area contributed by atoms with Gasteiger partial charge < -0.3 is 14.5 Å². The van der Waals surface area contributed by atoms with Crippen LogP contribution < -0.4 is 0 Å². The fourth-order valence-electron chi connectivity index (χ4n) is 4.08. The second-order valence-corrected chi connectivity index (χ2v) is 7.88. The van der Waals surface area contributed by atoms with Gasteiger partial charge in [0.25, 0.3) is 5.91 Å². The lowest BCUT2D eigenvalue weighted by atomic mass is 9.99. The Balaban J connectivity index is 1.35. The van der Waals surface area contributed by atoms with E-state index >= 15 is 0 Å². The van der Waals surface area contributed by atoms with E-state index in [4.69, 9.17) is 4.74 Å². The lowest BCUT2D eigenvalue weighted by molar-refractivity contribution is -0.134. The van der Waals surface area contributed by atoms with Crippen LogP contribution in [-0.2, 0) is 16.0 Å². The normalized spacial score (nSPS) is 17.7. The second-order valence-electron chi connectivity index (χ2n) is 7.88. The summed E-state index contributed by atoms with van der Waals surface area (Å²) < 4.78 is 5.35. The highest BCUT2D eigenvalue weighted by Gasteiger charge is 2.27. The molecule has 2 saturated heterocycles. The van der Waals surface area contributed by atoms with Crippen LogP contribution in [0.4, 0.5) is 0 Å². The van der Waals surface area contributed by atoms with Gasteiger partial charge in [-0.3, -0.25) is 14.5 Å². The van der Waals surface area contributed by atoms with E-state index in [1.54, 1.807) is 0 Å². The molecule has 0 aromatic heterocycles. The average molecular weight is 408 g/mol. The molecule has 0 radical (unpaired) electrons. The maximum absolute atomic E-state index is 13.2. The monoisotopic (exact) mass is 407 g/mol. The predicted molar refractivity (Wildman–Crippen MR) is 115 cm³/mol. The molecule has 30 heavy (non-hydrogen) atoms. The fraction of sp³-hybridized carbons (Fsp3) is 0.417. The van der Waals surface area contributed by atoms with Gasteiger partial charge in [0.05, 0.1) is 19.8 Å². The third kappa shape index (κ3) is 5.07. The minimum absolute atomic E-state index is 0.0572. The number of amides is 2. The minimum atomic E-state index is 0.0572. The lowest BCUT2D eigenvalue weighted by Gasteiger charge is -2.36. The largest absolute Gasteiger partial charge is 0.379 e. The molecule has 0 unspecified atom stereocenters. The van der Waals surface area contributed by atoms with Crippen molar-refractivity contribution in [3.8, 4) is 0 Å². The summed E-state index contributed by atoms with van der Waals surface area (Å²) in [6.07, 6.45) is 0.737. The van der Waals surface area contributed by atoms with E-state index in [-0.39, 0.29) is 11.8 Å². The molecule has 0 spiro atoms. The summed E-state index contributed by atoms with van der Waals surface area (Å²) in [5.74, 6) is 0.204. The number of hydrogen-bond acceptors (Lipinski definition) is 4. The van der Waals surface area contributed by atoms with Gasteiger partial charge in [0.15, 0.2) is 0 Å². The minimum Gasteiger partial charge on any atom is -0.379 e. The summed E-state index contributed by atoms with van der Waals surface area (Å²) in [6.45, 7) is 5.78. The molecule has 158 valence electrons. The zero-order chi connectivity index (χ0) is 20.8. The number of piperazine rings is 1. The van der Waals surface area contributed by atoms with Gasteiger partial charge >= 0.3 is 0 Å². The number of hydrogen-bond donors (Lipinski definition) is 0. The molecule has 0 bridgehead atoms. The summed E-state index contributed by atoms with van der Waals surface area (Å²) in [5, 5.41) is 0. The zero-order valence-electron chi connectivity index (χ0n) is 17.3. The van der Waals surface area contributed by atoms with Gasteiger partial charge in [0.2, 0.25) is 5.91 Å². The van der Waals surface area contributed by atoms with Crippen molar-refractivity contribution in [3.63, 3.8) is 0 Å². The average Bonchev–Trinajstić information content (AvgIpc) is 2.80. The molecule has 2 heterocycles. The molecule has 2 aromatic rings. The van der Waals surface area contributed by atoms with Gasteiger partial charge in [0, 0.05) is 44.8 Å². The van der Waals surface area contributed by atoms with E-state index < -0.39 is 0 Å². The number of morpholine rings is 1. The zero-order valence-corrected chi connectivity index (χ0v) is 17.3. The van der Waals surface area contributed by atoms with E-state index in [2.05, 4.69) is 17.0 Å². The lowest BCUT2D eigenvalue weighted by Crippen LogP contribution is -2.53. The Morgan fingerprint density at radius 2 is 1.40 bits per heavy atom. The summed E-state index contributed by atoms with van der Waals surface area (Å²) in [7, 11) is 0. The van der Waals surface area contributed by atoms with Crippen LogP contribution in [0.3, 0.4) is 0 Å². The molecule has 0 aliphatic carbocycles. The Hall–Kier alpha value is -2.70. The third-order valence-electron chi connectivity index (χ3n) is 5.87. The molecule has 2 fully saturated rings. The molecule has 6 nitrogen and oxygen atoms in total. The summed E-state index contributed by atoms with van der Waals surface area (Å²) in [6, 6.07) is 18.1. The molecule has 6 heteroatoms. The summed E-state index contributed by atoms with van der Waals surface area (Å²) in [4.78, 5) is 31.7. The highest BCUT2D eigenvalue weighted by Crippen LogP contribution is 2.18. The van der Waals surface area contributed by atoms with E-state index in [0.29, 0.717) is 45.9 Å². The van der Waals surface area contributed by atoms with Gasteiger partial charge in [-0.25, -0.2) is 0 Å². The standard InChI is InChI=1S/C24H29N3O3/c28-23(19-25-14-16-30-17-15-25)26-10-12-27(13-11-26)24(29)22-9-5-4-8-21(22)18-20-6-2-1-3-7-20/h1-9H,10-19H2. The van der Waals surface area contributed by atoms with Crippen LogP contribution in [0.25, 0.3) is 0 Å². The molecule has 0 atom stereocenters. The van der Waals surface area contributed by atoms with Crippen molar-refractivity contribution in [2.45, 2.75) is 6.42 Å². The molecule has 2 aromatic carbocycles. The number of benzene rings is 2. The first kappa shape index (κ1) is 20.6. The fourth-order valence-corrected chi connectivity index (χ4v) is 4.08. The van der Waals surface area contributed by atoms with Crippen molar-refractivity contribution >= 4 is 11.8 Å². The second kappa shape index (κ2) is 9.87. The first-order chi connectivity index (χ1) is 14.7.